The zero-order chi connectivity index (χ0) is 18.5. The molecule has 0 radical (unpaired) electrons. The van der Waals surface area contributed by atoms with Crippen molar-refractivity contribution in [2.45, 2.75) is 12.5 Å². The number of ether oxygens (including phenoxy) is 2. The average molecular weight is 353 g/mol. The minimum Gasteiger partial charge on any atom is -0.493 e. The van der Waals surface area contributed by atoms with E-state index in [-0.39, 0.29) is 0 Å². The Labute approximate surface area is 150 Å². The predicted molar refractivity (Wildman–Crippen MR) is 97.8 cm³/mol. The highest BCUT2D eigenvalue weighted by Crippen LogP contribution is 2.33. The summed E-state index contributed by atoms with van der Waals surface area (Å²) in [6.07, 6.45) is 1.72. The Bertz CT molecular complexity index is 915. The maximum Gasteiger partial charge on any atom is 0.326 e. The fraction of sp³-hybridized carbons (Fsp3) is 0.211. The van der Waals surface area contributed by atoms with E-state index in [2.05, 4.69) is 15.3 Å². The van der Waals surface area contributed by atoms with Crippen molar-refractivity contribution in [3.05, 3.63) is 54.4 Å². The first-order valence-electron chi connectivity index (χ1n) is 8.02. The molecule has 134 valence electrons. The minimum absolute atomic E-state index is 0.328. The number of hydrogen-bond acceptors (Lipinski definition) is 6. The SMILES string of the molecule is COc1cc2ncnc(NC(Cc3ccccc3)C(=O)O)c2cc1OC. The van der Waals surface area contributed by atoms with Gasteiger partial charge in [0.1, 0.15) is 18.2 Å². The van der Waals surface area contributed by atoms with Crippen LogP contribution in [0.1, 0.15) is 5.56 Å². The summed E-state index contributed by atoms with van der Waals surface area (Å²) in [5.41, 5.74) is 1.55. The molecule has 7 heteroatoms. The van der Waals surface area contributed by atoms with E-state index >= 15 is 0 Å². The topological polar surface area (TPSA) is 93.6 Å². The molecule has 0 bridgehead atoms. The molecule has 0 spiro atoms. The van der Waals surface area contributed by atoms with Crippen LogP contribution < -0.4 is 14.8 Å². The molecule has 7 nitrogen and oxygen atoms in total. The highest BCUT2D eigenvalue weighted by Gasteiger charge is 2.20. The Kier molecular flexibility index (Phi) is 5.17. The monoisotopic (exact) mass is 353 g/mol. The van der Waals surface area contributed by atoms with Crippen LogP contribution in [0.25, 0.3) is 10.9 Å². The molecule has 1 unspecified atom stereocenters. The molecule has 3 aromatic rings. The zero-order valence-electron chi connectivity index (χ0n) is 14.5. The summed E-state index contributed by atoms with van der Waals surface area (Å²) < 4.78 is 10.6. The van der Waals surface area contributed by atoms with Gasteiger partial charge in [-0.05, 0) is 11.6 Å². The Morgan fingerprint density at radius 3 is 2.46 bits per heavy atom. The number of carboxylic acid groups (broad SMARTS) is 1. The van der Waals surface area contributed by atoms with Gasteiger partial charge in [-0.3, -0.25) is 0 Å². The van der Waals surface area contributed by atoms with Gasteiger partial charge in [0.2, 0.25) is 0 Å². The lowest BCUT2D eigenvalue weighted by molar-refractivity contribution is -0.137. The van der Waals surface area contributed by atoms with Crippen molar-refractivity contribution >= 4 is 22.7 Å². The van der Waals surface area contributed by atoms with Crippen molar-refractivity contribution in [1.29, 1.82) is 0 Å². The van der Waals surface area contributed by atoms with Gasteiger partial charge in [-0.25, -0.2) is 14.8 Å². The largest absolute Gasteiger partial charge is 0.493 e. The van der Waals surface area contributed by atoms with Crippen LogP contribution in [0.5, 0.6) is 11.5 Å². The fourth-order valence-electron chi connectivity index (χ4n) is 2.71. The second-order valence-electron chi connectivity index (χ2n) is 5.67. The Balaban J connectivity index is 1.96. The molecule has 2 N–H and O–H groups in total. The van der Waals surface area contributed by atoms with Crippen molar-refractivity contribution < 1.29 is 19.4 Å². The first kappa shape index (κ1) is 17.5. The van der Waals surface area contributed by atoms with Crippen molar-refractivity contribution in [1.82, 2.24) is 9.97 Å². The van der Waals surface area contributed by atoms with E-state index in [0.29, 0.717) is 34.6 Å². The lowest BCUT2D eigenvalue weighted by atomic mass is 10.1. The van der Waals surface area contributed by atoms with Crippen LogP contribution in [0.4, 0.5) is 5.82 Å². The molecule has 26 heavy (non-hydrogen) atoms. The van der Waals surface area contributed by atoms with Crippen molar-refractivity contribution in [2.24, 2.45) is 0 Å². The second-order valence-corrected chi connectivity index (χ2v) is 5.67. The number of rotatable bonds is 7. The summed E-state index contributed by atoms with van der Waals surface area (Å²) >= 11 is 0. The molecule has 2 aromatic carbocycles. The number of benzene rings is 2. The van der Waals surface area contributed by atoms with E-state index in [1.807, 2.05) is 30.3 Å². The zero-order valence-corrected chi connectivity index (χ0v) is 14.5. The molecule has 0 aliphatic heterocycles. The summed E-state index contributed by atoms with van der Waals surface area (Å²) in [6.45, 7) is 0. The summed E-state index contributed by atoms with van der Waals surface area (Å²) in [7, 11) is 3.08. The van der Waals surface area contributed by atoms with Crippen LogP contribution in [0.15, 0.2) is 48.8 Å². The van der Waals surface area contributed by atoms with E-state index in [9.17, 15) is 9.90 Å². The van der Waals surface area contributed by atoms with Gasteiger partial charge in [0.25, 0.3) is 0 Å². The van der Waals surface area contributed by atoms with Gasteiger partial charge < -0.3 is 19.9 Å². The third kappa shape index (κ3) is 3.66. The molecule has 1 aromatic heterocycles. The summed E-state index contributed by atoms with van der Waals surface area (Å²) in [4.78, 5) is 20.2. The predicted octanol–water partition coefficient (Wildman–Crippen LogP) is 2.75. The van der Waals surface area contributed by atoms with Crippen LogP contribution >= 0.6 is 0 Å². The van der Waals surface area contributed by atoms with Gasteiger partial charge in [-0.2, -0.15) is 0 Å². The molecule has 1 atom stereocenters. The van der Waals surface area contributed by atoms with E-state index in [0.717, 1.165) is 5.56 Å². The molecular formula is C19H19N3O4. The molecule has 0 fully saturated rings. The first-order chi connectivity index (χ1) is 12.6. The van der Waals surface area contributed by atoms with Crippen LogP contribution in [0, 0.1) is 0 Å². The average Bonchev–Trinajstić information content (AvgIpc) is 2.67. The highest BCUT2D eigenvalue weighted by molar-refractivity contribution is 5.93. The van der Waals surface area contributed by atoms with E-state index in [4.69, 9.17) is 9.47 Å². The Morgan fingerprint density at radius 2 is 1.81 bits per heavy atom. The highest BCUT2D eigenvalue weighted by atomic mass is 16.5. The number of nitrogens with zero attached hydrogens (tertiary/aromatic N) is 2. The molecule has 1 heterocycles. The van der Waals surface area contributed by atoms with Gasteiger partial charge in [0.15, 0.2) is 11.5 Å². The molecule has 3 rings (SSSR count). The molecule has 0 amide bonds. The standard InChI is InChI=1S/C19H19N3O4/c1-25-16-9-13-14(10-17(16)26-2)20-11-21-18(13)22-15(19(23)24)8-12-6-4-3-5-7-12/h3-7,9-11,15H,8H2,1-2H3,(H,23,24)(H,20,21,22). The summed E-state index contributed by atoms with van der Waals surface area (Å²) in [6, 6.07) is 12.1. The van der Waals surface area contributed by atoms with Crippen LogP contribution in [-0.2, 0) is 11.2 Å². The van der Waals surface area contributed by atoms with E-state index < -0.39 is 12.0 Å². The van der Waals surface area contributed by atoms with Gasteiger partial charge in [-0.15, -0.1) is 0 Å². The lowest BCUT2D eigenvalue weighted by Gasteiger charge is -2.17. The number of fused-ring (bicyclic) bond motifs is 1. The maximum atomic E-state index is 11.7. The fourth-order valence-corrected chi connectivity index (χ4v) is 2.71. The summed E-state index contributed by atoms with van der Waals surface area (Å²) in [5, 5.41) is 13.3. The maximum absolute atomic E-state index is 11.7. The van der Waals surface area contributed by atoms with Crippen molar-refractivity contribution in [3.8, 4) is 11.5 Å². The number of aliphatic carboxylic acids is 1. The molecular weight excluding hydrogens is 334 g/mol. The smallest absolute Gasteiger partial charge is 0.326 e. The van der Waals surface area contributed by atoms with E-state index in [1.165, 1.54) is 13.4 Å². The Hall–Kier alpha value is -3.35. The van der Waals surface area contributed by atoms with Gasteiger partial charge in [0.05, 0.1) is 19.7 Å². The second kappa shape index (κ2) is 7.69. The number of anilines is 1. The van der Waals surface area contributed by atoms with Crippen molar-refractivity contribution in [2.75, 3.05) is 19.5 Å². The lowest BCUT2D eigenvalue weighted by Crippen LogP contribution is -2.32. The van der Waals surface area contributed by atoms with Crippen LogP contribution in [-0.4, -0.2) is 41.3 Å². The third-order valence-electron chi connectivity index (χ3n) is 4.03. The number of nitrogens with one attached hydrogen (secondary N) is 1. The number of aromatic nitrogens is 2. The van der Waals surface area contributed by atoms with Crippen LogP contribution in [0.2, 0.25) is 0 Å². The molecule has 0 aliphatic rings. The quantitative estimate of drug-likeness (QED) is 0.674. The van der Waals surface area contributed by atoms with Gasteiger partial charge in [0, 0.05) is 17.9 Å². The Morgan fingerprint density at radius 1 is 1.12 bits per heavy atom. The first-order valence-corrected chi connectivity index (χ1v) is 8.02. The molecule has 0 saturated heterocycles. The van der Waals surface area contributed by atoms with Gasteiger partial charge in [-0.1, -0.05) is 30.3 Å². The number of carbonyl (C=O) groups is 1. The molecule has 0 aliphatic carbocycles. The van der Waals surface area contributed by atoms with Crippen LogP contribution in [0.3, 0.4) is 0 Å². The minimum atomic E-state index is -0.957. The third-order valence-corrected chi connectivity index (χ3v) is 4.03. The normalized spacial score (nSPS) is 11.8. The number of methoxy groups -OCH3 is 2. The summed E-state index contributed by atoms with van der Waals surface area (Å²) in [5.74, 6) is 0.539. The number of carboxylic acids is 1. The van der Waals surface area contributed by atoms with Crippen molar-refractivity contribution in [3.63, 3.8) is 0 Å². The molecule has 0 saturated carbocycles. The van der Waals surface area contributed by atoms with Gasteiger partial charge >= 0.3 is 5.97 Å². The number of hydrogen-bond donors (Lipinski definition) is 2. The van der Waals surface area contributed by atoms with E-state index in [1.54, 1.807) is 19.2 Å².